The molecule has 0 aromatic rings. The molecule has 1 saturated heterocycles. The molecule has 2 N–H and O–H groups in total. The number of carbonyl (C=O) groups excluding carboxylic acids is 5. The van der Waals surface area contributed by atoms with Crippen LogP contribution in [0.25, 0.3) is 0 Å². The van der Waals surface area contributed by atoms with Crippen LogP contribution in [0, 0.1) is 11.8 Å². The highest BCUT2D eigenvalue weighted by atomic mass is 16.5. The summed E-state index contributed by atoms with van der Waals surface area (Å²) >= 11 is 0. The monoisotopic (exact) mass is 365 g/mol. The number of imide groups is 2. The highest BCUT2D eigenvalue weighted by molar-refractivity contribution is 6.08. The molecule has 9 nitrogen and oxygen atoms in total. The Morgan fingerprint density at radius 2 is 1.81 bits per heavy atom. The molecule has 0 bridgehead atoms. The maximum absolute atomic E-state index is 12.4. The fourth-order valence-electron chi connectivity index (χ4n) is 3.30. The van der Waals surface area contributed by atoms with E-state index in [0.717, 1.165) is 17.7 Å². The summed E-state index contributed by atoms with van der Waals surface area (Å²) in [7, 11) is 0. The number of hydrogen-bond donors (Lipinski definition) is 2. The molecule has 1 aliphatic heterocycles. The van der Waals surface area contributed by atoms with Gasteiger partial charge in [0.15, 0.2) is 6.61 Å². The molecular weight excluding hydrogens is 342 g/mol. The molecule has 142 valence electrons. The smallest absolute Gasteiger partial charge is 0.329 e. The number of urea groups is 1. The topological polar surface area (TPSA) is 122 Å². The van der Waals surface area contributed by atoms with E-state index in [2.05, 4.69) is 11.9 Å². The van der Waals surface area contributed by atoms with Crippen molar-refractivity contribution in [3.8, 4) is 0 Å². The standard InChI is InChI=1S/C17H23N3O6/c1-3-8-18-17(25)19-13(21)9-26-16(24)10(2)20-14(22)11-6-4-5-7-12(11)15(20)23/h3,10-12H,1,4-9H2,2H3,(H2,18,19,21,25)/t10-,11-,12+/m1/s1. The van der Waals surface area contributed by atoms with Gasteiger partial charge in [-0.25, -0.2) is 9.59 Å². The fourth-order valence-corrected chi connectivity index (χ4v) is 3.30. The van der Waals surface area contributed by atoms with Gasteiger partial charge >= 0.3 is 12.0 Å². The molecule has 1 heterocycles. The van der Waals surface area contributed by atoms with Gasteiger partial charge in [0.2, 0.25) is 11.8 Å². The Hall–Kier alpha value is -2.71. The molecule has 0 radical (unpaired) electrons. The number of esters is 1. The molecule has 0 unspecified atom stereocenters. The highest BCUT2D eigenvalue weighted by Gasteiger charge is 2.51. The van der Waals surface area contributed by atoms with Crippen molar-refractivity contribution in [2.75, 3.05) is 13.2 Å². The SMILES string of the molecule is C=CCNC(=O)NC(=O)COC(=O)[C@@H](C)N1C(=O)[C@H]2CCCC[C@H]2C1=O. The van der Waals surface area contributed by atoms with Gasteiger partial charge in [0.25, 0.3) is 5.91 Å². The molecule has 5 amide bonds. The van der Waals surface area contributed by atoms with Gasteiger partial charge in [0, 0.05) is 6.54 Å². The van der Waals surface area contributed by atoms with Gasteiger partial charge in [-0.1, -0.05) is 18.9 Å². The predicted molar refractivity (Wildman–Crippen MR) is 89.5 cm³/mol. The molecule has 26 heavy (non-hydrogen) atoms. The van der Waals surface area contributed by atoms with Crippen molar-refractivity contribution >= 4 is 29.7 Å². The number of amides is 5. The first kappa shape index (κ1) is 19.6. The van der Waals surface area contributed by atoms with Gasteiger partial charge < -0.3 is 10.1 Å². The first-order valence-corrected chi connectivity index (χ1v) is 8.59. The minimum atomic E-state index is -1.11. The second-order valence-corrected chi connectivity index (χ2v) is 6.37. The van der Waals surface area contributed by atoms with E-state index in [-0.39, 0.29) is 30.2 Å². The quantitative estimate of drug-likeness (QED) is 0.391. The summed E-state index contributed by atoms with van der Waals surface area (Å²) in [6.45, 7) is 4.30. The summed E-state index contributed by atoms with van der Waals surface area (Å²) in [6, 6.07) is -1.85. The number of rotatable bonds is 6. The summed E-state index contributed by atoms with van der Waals surface area (Å²) in [5.41, 5.74) is 0. The van der Waals surface area contributed by atoms with E-state index in [1.165, 1.54) is 13.0 Å². The van der Waals surface area contributed by atoms with Crippen LogP contribution in [0.5, 0.6) is 0 Å². The molecule has 1 saturated carbocycles. The minimum Gasteiger partial charge on any atom is -0.454 e. The average molecular weight is 365 g/mol. The molecule has 2 aliphatic rings. The fraction of sp³-hybridized carbons (Fsp3) is 0.588. The molecule has 0 aromatic carbocycles. The van der Waals surface area contributed by atoms with E-state index in [1.807, 2.05) is 5.32 Å². The Kier molecular flexibility index (Phi) is 6.48. The lowest BCUT2D eigenvalue weighted by Gasteiger charge is -2.21. The predicted octanol–water partition coefficient (Wildman–Crippen LogP) is 0.105. The van der Waals surface area contributed by atoms with Crippen molar-refractivity contribution < 1.29 is 28.7 Å². The normalized spacial score (nSPS) is 23.0. The molecule has 3 atom stereocenters. The zero-order chi connectivity index (χ0) is 19.3. The van der Waals surface area contributed by atoms with E-state index in [9.17, 15) is 24.0 Å². The Morgan fingerprint density at radius 3 is 2.35 bits per heavy atom. The van der Waals surface area contributed by atoms with Crippen molar-refractivity contribution in [3.63, 3.8) is 0 Å². The third-order valence-electron chi connectivity index (χ3n) is 4.61. The van der Waals surface area contributed by atoms with Crippen LogP contribution in [0.3, 0.4) is 0 Å². The second kappa shape index (κ2) is 8.59. The van der Waals surface area contributed by atoms with Gasteiger partial charge in [0.05, 0.1) is 11.8 Å². The maximum atomic E-state index is 12.4. The van der Waals surface area contributed by atoms with Gasteiger partial charge in [-0.3, -0.25) is 24.6 Å². The third-order valence-corrected chi connectivity index (χ3v) is 4.61. The van der Waals surface area contributed by atoms with Gasteiger partial charge in [-0.15, -0.1) is 6.58 Å². The Labute approximate surface area is 151 Å². The van der Waals surface area contributed by atoms with Crippen molar-refractivity contribution in [1.29, 1.82) is 0 Å². The number of carbonyl (C=O) groups is 5. The number of hydrogen-bond acceptors (Lipinski definition) is 6. The summed E-state index contributed by atoms with van der Waals surface area (Å²) < 4.78 is 4.84. The maximum Gasteiger partial charge on any atom is 0.329 e. The Bertz CT molecular complexity index is 608. The lowest BCUT2D eigenvalue weighted by atomic mass is 9.81. The van der Waals surface area contributed by atoms with Crippen LogP contribution in [0.1, 0.15) is 32.6 Å². The average Bonchev–Trinajstić information content (AvgIpc) is 2.88. The number of nitrogens with zero attached hydrogens (tertiary/aromatic N) is 1. The minimum absolute atomic E-state index is 0.178. The lowest BCUT2D eigenvalue weighted by Crippen LogP contribution is -2.46. The highest BCUT2D eigenvalue weighted by Crippen LogP contribution is 2.38. The number of nitrogens with one attached hydrogen (secondary N) is 2. The first-order valence-electron chi connectivity index (χ1n) is 8.59. The van der Waals surface area contributed by atoms with E-state index in [0.29, 0.717) is 12.8 Å². The molecular formula is C17H23N3O6. The van der Waals surface area contributed by atoms with Crippen LogP contribution in [-0.2, 0) is 23.9 Å². The van der Waals surface area contributed by atoms with Crippen molar-refractivity contribution in [3.05, 3.63) is 12.7 Å². The number of likely N-dealkylation sites (tertiary alicyclic amines) is 1. The molecule has 2 fully saturated rings. The molecule has 1 aliphatic carbocycles. The third kappa shape index (κ3) is 4.27. The van der Waals surface area contributed by atoms with Crippen LogP contribution in [0.4, 0.5) is 4.79 Å². The van der Waals surface area contributed by atoms with Crippen molar-refractivity contribution in [1.82, 2.24) is 15.5 Å². The molecule has 0 spiro atoms. The van der Waals surface area contributed by atoms with Gasteiger partial charge in [-0.2, -0.15) is 0 Å². The molecule has 2 rings (SSSR count). The Morgan fingerprint density at radius 1 is 1.23 bits per heavy atom. The summed E-state index contributed by atoms with van der Waals surface area (Å²) in [4.78, 5) is 60.8. The van der Waals surface area contributed by atoms with Gasteiger partial charge in [-0.05, 0) is 19.8 Å². The number of ether oxygens (including phenoxy) is 1. The van der Waals surface area contributed by atoms with Crippen LogP contribution in [-0.4, -0.2) is 53.8 Å². The van der Waals surface area contributed by atoms with Crippen molar-refractivity contribution in [2.24, 2.45) is 11.8 Å². The Balaban J connectivity index is 1.86. The first-order chi connectivity index (χ1) is 12.4. The van der Waals surface area contributed by atoms with E-state index >= 15 is 0 Å². The summed E-state index contributed by atoms with van der Waals surface area (Å²) in [6.07, 6.45) is 4.51. The van der Waals surface area contributed by atoms with Crippen LogP contribution >= 0.6 is 0 Å². The molecule has 9 heteroatoms. The summed E-state index contributed by atoms with van der Waals surface area (Å²) in [5.74, 6) is -3.10. The van der Waals surface area contributed by atoms with Crippen LogP contribution in [0.2, 0.25) is 0 Å². The van der Waals surface area contributed by atoms with Crippen LogP contribution in [0.15, 0.2) is 12.7 Å². The lowest BCUT2D eigenvalue weighted by molar-refractivity contribution is -0.159. The van der Waals surface area contributed by atoms with Gasteiger partial charge in [0.1, 0.15) is 6.04 Å². The summed E-state index contributed by atoms with van der Waals surface area (Å²) in [5, 5.41) is 4.31. The second-order valence-electron chi connectivity index (χ2n) is 6.37. The van der Waals surface area contributed by atoms with E-state index in [4.69, 9.17) is 4.74 Å². The van der Waals surface area contributed by atoms with Crippen molar-refractivity contribution in [2.45, 2.75) is 38.6 Å². The van der Waals surface area contributed by atoms with Crippen LogP contribution < -0.4 is 10.6 Å². The number of fused-ring (bicyclic) bond motifs is 1. The zero-order valence-electron chi connectivity index (χ0n) is 14.7. The van der Waals surface area contributed by atoms with E-state index < -0.39 is 30.6 Å². The largest absolute Gasteiger partial charge is 0.454 e. The van der Waals surface area contributed by atoms with E-state index in [1.54, 1.807) is 0 Å². The molecule has 0 aromatic heterocycles. The zero-order valence-corrected chi connectivity index (χ0v) is 14.7.